The van der Waals surface area contributed by atoms with Crippen molar-refractivity contribution in [3.05, 3.63) is 194 Å². The molecule has 0 aliphatic rings. The number of nitrogens with zero attached hydrogens (tertiary/aromatic N) is 2. The fourth-order valence-electron chi connectivity index (χ4n) is 7.70. The Kier molecular flexibility index (Phi) is 6.76. The Hall–Kier alpha value is -6.95. The molecule has 0 aliphatic carbocycles. The lowest BCUT2D eigenvalue weighted by atomic mass is 9.84. The number of aromatic nitrogens is 2. The second-order valence-electron chi connectivity index (χ2n) is 13.0. The van der Waals surface area contributed by atoms with Crippen molar-refractivity contribution in [2.75, 3.05) is 0 Å². The highest BCUT2D eigenvalue weighted by Crippen LogP contribution is 2.45. The van der Waals surface area contributed by atoms with Crippen molar-refractivity contribution < 1.29 is 0 Å². The Labute approximate surface area is 296 Å². The predicted octanol–water partition coefficient (Wildman–Crippen LogP) is 12.8. The third-order valence-electron chi connectivity index (χ3n) is 10.1. The van der Waals surface area contributed by atoms with E-state index in [1.807, 2.05) is 18.2 Å². The first-order chi connectivity index (χ1) is 25.3. The molecule has 0 atom stereocenters. The summed E-state index contributed by atoms with van der Waals surface area (Å²) in [6, 6.07) is 71.3. The fraction of sp³-hybridized carbons (Fsp3) is 0. The van der Waals surface area contributed by atoms with Crippen molar-refractivity contribution in [3.63, 3.8) is 0 Å². The van der Waals surface area contributed by atoms with Gasteiger partial charge in [-0.15, -0.1) is 0 Å². The first kappa shape index (κ1) is 29.0. The van der Waals surface area contributed by atoms with E-state index in [9.17, 15) is 0 Å². The predicted molar refractivity (Wildman–Crippen MR) is 213 cm³/mol. The quantitative estimate of drug-likeness (QED) is 0.170. The smallest absolute Gasteiger partial charge is 0.145 e. The van der Waals surface area contributed by atoms with Gasteiger partial charge in [0.2, 0.25) is 0 Å². The molecule has 2 nitrogen and oxygen atoms in total. The van der Waals surface area contributed by atoms with E-state index >= 15 is 0 Å². The van der Waals surface area contributed by atoms with Crippen LogP contribution in [0.5, 0.6) is 0 Å². The molecular formula is C49H30N2. The molecule has 10 aromatic rings. The van der Waals surface area contributed by atoms with Crippen LogP contribution >= 0.6 is 0 Å². The second-order valence-corrected chi connectivity index (χ2v) is 13.0. The summed E-state index contributed by atoms with van der Waals surface area (Å²) >= 11 is 0. The highest BCUT2D eigenvalue weighted by Gasteiger charge is 2.18. The molecule has 0 unspecified atom stereocenters. The number of rotatable bonds is 5. The molecule has 0 N–H and O–H groups in total. The lowest BCUT2D eigenvalue weighted by Gasteiger charge is -2.19. The van der Waals surface area contributed by atoms with Gasteiger partial charge in [0.25, 0.3) is 0 Å². The maximum Gasteiger partial charge on any atom is 0.145 e. The average molecular weight is 647 g/mol. The molecule has 0 saturated heterocycles. The molecule has 0 spiro atoms. The van der Waals surface area contributed by atoms with Crippen LogP contribution in [-0.2, 0) is 0 Å². The summed E-state index contributed by atoms with van der Waals surface area (Å²) in [6.45, 7) is 0. The average Bonchev–Trinajstić information content (AvgIpc) is 3.60. The van der Waals surface area contributed by atoms with Crippen molar-refractivity contribution in [1.29, 1.82) is 0 Å². The Morgan fingerprint density at radius 1 is 0.412 bits per heavy atom. The monoisotopic (exact) mass is 646 g/mol. The maximum atomic E-state index is 5.05. The zero-order valence-corrected chi connectivity index (χ0v) is 27.7. The molecule has 9 aromatic carbocycles. The van der Waals surface area contributed by atoms with Gasteiger partial charge in [0.1, 0.15) is 5.82 Å². The highest BCUT2D eigenvalue weighted by atomic mass is 15.1. The molecule has 0 amide bonds. The van der Waals surface area contributed by atoms with Crippen LogP contribution in [0.1, 0.15) is 0 Å². The van der Waals surface area contributed by atoms with E-state index in [2.05, 4.69) is 180 Å². The second kappa shape index (κ2) is 11.9. The molecule has 0 bridgehead atoms. The van der Waals surface area contributed by atoms with E-state index in [-0.39, 0.29) is 0 Å². The van der Waals surface area contributed by atoms with Gasteiger partial charge in [-0.25, -0.2) is 4.98 Å². The first-order valence-electron chi connectivity index (χ1n) is 17.3. The third kappa shape index (κ3) is 4.87. The van der Waals surface area contributed by atoms with Crippen LogP contribution in [0.4, 0.5) is 0 Å². The lowest BCUT2D eigenvalue weighted by Crippen LogP contribution is -1.97. The molecule has 51 heavy (non-hydrogen) atoms. The van der Waals surface area contributed by atoms with E-state index in [1.165, 1.54) is 54.6 Å². The number of hydrogen-bond acceptors (Lipinski definition) is 1. The summed E-state index contributed by atoms with van der Waals surface area (Å²) < 4.78 is 2.26. The Morgan fingerprint density at radius 3 is 1.88 bits per heavy atom. The number of benzene rings is 8. The summed E-state index contributed by atoms with van der Waals surface area (Å²) in [6.07, 6.45) is 0. The van der Waals surface area contributed by atoms with Crippen LogP contribution in [0.3, 0.4) is 0 Å². The SMILES string of the molecule is c1ccc(-c2c3ccccc3c(-c3ccc4ccccc4c3)c3ccc(-c4ccc(-n5c(-c6ccccc6)nc6ccccc65)cc4)cc23)cc#1. The van der Waals surface area contributed by atoms with Crippen LogP contribution in [-0.4, -0.2) is 9.55 Å². The van der Waals surface area contributed by atoms with Crippen LogP contribution in [0, 0.1) is 12.1 Å². The third-order valence-corrected chi connectivity index (χ3v) is 10.1. The molecule has 0 fully saturated rings. The van der Waals surface area contributed by atoms with Gasteiger partial charge in [0, 0.05) is 11.3 Å². The summed E-state index contributed by atoms with van der Waals surface area (Å²) in [5.41, 5.74) is 11.4. The Morgan fingerprint density at radius 2 is 1.08 bits per heavy atom. The van der Waals surface area contributed by atoms with Gasteiger partial charge in [0.05, 0.1) is 11.0 Å². The van der Waals surface area contributed by atoms with Crippen LogP contribution in [0.25, 0.3) is 93.8 Å². The van der Waals surface area contributed by atoms with Gasteiger partial charge in [-0.2, -0.15) is 0 Å². The number of fused-ring (bicyclic) bond motifs is 4. The number of imidazole rings is 1. The van der Waals surface area contributed by atoms with Crippen LogP contribution < -0.4 is 0 Å². The summed E-state index contributed by atoms with van der Waals surface area (Å²) in [5.74, 6) is 0.935. The van der Waals surface area contributed by atoms with Crippen LogP contribution in [0.2, 0.25) is 0 Å². The molecule has 0 saturated carbocycles. The van der Waals surface area contributed by atoms with Gasteiger partial charge < -0.3 is 0 Å². The standard InChI is InChI=1S/C49H30N2/c1-3-14-35(15-4-1)47-41-19-9-10-20-42(41)48(39-24-23-33-13-7-8-18-37(33)31-39)43-30-27-38(32-44(43)47)34-25-28-40(29-26-34)51-46-22-12-11-21-45(46)50-49(51)36-16-5-2-6-17-36/h2-3,5-32H. The fourth-order valence-corrected chi connectivity index (χ4v) is 7.70. The molecule has 1 aromatic heterocycles. The van der Waals surface area contributed by atoms with Gasteiger partial charge in [-0.05, 0) is 120 Å². The van der Waals surface area contributed by atoms with Crippen molar-refractivity contribution in [1.82, 2.24) is 9.55 Å². The Balaban J connectivity index is 1.17. The minimum Gasteiger partial charge on any atom is -0.292 e. The van der Waals surface area contributed by atoms with Crippen molar-refractivity contribution >= 4 is 43.4 Å². The molecule has 2 heteroatoms. The van der Waals surface area contributed by atoms with E-state index in [0.717, 1.165) is 39.2 Å². The minimum atomic E-state index is 0.935. The van der Waals surface area contributed by atoms with E-state index in [1.54, 1.807) is 0 Å². The van der Waals surface area contributed by atoms with Gasteiger partial charge in [-0.1, -0.05) is 140 Å². The summed E-state index contributed by atoms with van der Waals surface area (Å²) in [4.78, 5) is 5.05. The minimum absolute atomic E-state index is 0.935. The molecule has 0 radical (unpaired) electrons. The van der Waals surface area contributed by atoms with Crippen molar-refractivity contribution in [2.45, 2.75) is 0 Å². The molecular weight excluding hydrogens is 617 g/mol. The number of para-hydroxylation sites is 2. The maximum absolute atomic E-state index is 5.05. The van der Waals surface area contributed by atoms with E-state index < -0.39 is 0 Å². The van der Waals surface area contributed by atoms with E-state index in [0.29, 0.717) is 0 Å². The lowest BCUT2D eigenvalue weighted by molar-refractivity contribution is 1.10. The van der Waals surface area contributed by atoms with Gasteiger partial charge >= 0.3 is 0 Å². The zero-order valence-electron chi connectivity index (χ0n) is 27.7. The zero-order chi connectivity index (χ0) is 33.7. The molecule has 1 heterocycles. The van der Waals surface area contributed by atoms with E-state index in [4.69, 9.17) is 4.98 Å². The molecule has 0 aliphatic heterocycles. The molecule has 10 rings (SSSR count). The van der Waals surface area contributed by atoms with Crippen molar-refractivity contribution in [2.24, 2.45) is 0 Å². The van der Waals surface area contributed by atoms with Gasteiger partial charge in [0.15, 0.2) is 0 Å². The van der Waals surface area contributed by atoms with Crippen LogP contribution in [0.15, 0.2) is 182 Å². The normalized spacial score (nSPS) is 11.4. The Bertz CT molecular complexity index is 2880. The summed E-state index contributed by atoms with van der Waals surface area (Å²) in [7, 11) is 0. The largest absolute Gasteiger partial charge is 0.292 e. The summed E-state index contributed by atoms with van der Waals surface area (Å²) in [5, 5.41) is 7.38. The topological polar surface area (TPSA) is 17.8 Å². The number of hydrogen-bond donors (Lipinski definition) is 0. The first-order valence-corrected chi connectivity index (χ1v) is 17.3. The van der Waals surface area contributed by atoms with Gasteiger partial charge in [-0.3, -0.25) is 4.57 Å². The molecule has 236 valence electrons. The highest BCUT2D eigenvalue weighted by molar-refractivity contribution is 6.22. The van der Waals surface area contributed by atoms with Crippen molar-refractivity contribution in [3.8, 4) is 50.5 Å².